The topological polar surface area (TPSA) is 29.6 Å². The maximum atomic E-state index is 4.42. The van der Waals surface area contributed by atoms with Crippen molar-refractivity contribution in [3.8, 4) is 0 Å². The van der Waals surface area contributed by atoms with Gasteiger partial charge in [0.2, 0.25) is 0 Å². The predicted molar refractivity (Wildman–Crippen MR) is 83.0 cm³/mol. The lowest BCUT2D eigenvalue weighted by Gasteiger charge is -1.98. The minimum absolute atomic E-state index is 0.876. The summed E-state index contributed by atoms with van der Waals surface area (Å²) in [5, 5.41) is 9.93. The third kappa shape index (κ3) is 2.23. The van der Waals surface area contributed by atoms with Crippen molar-refractivity contribution in [2.75, 3.05) is 0 Å². The Hall–Kier alpha value is -2.42. The van der Waals surface area contributed by atoms with Crippen molar-refractivity contribution in [2.45, 2.75) is 13.8 Å². The molecule has 3 aromatic rings. The van der Waals surface area contributed by atoms with E-state index in [9.17, 15) is 0 Å². The van der Waals surface area contributed by atoms with Gasteiger partial charge < -0.3 is 4.57 Å². The minimum atomic E-state index is 0.876. The fourth-order valence-corrected chi connectivity index (χ4v) is 2.40. The summed E-state index contributed by atoms with van der Waals surface area (Å²) in [4.78, 5) is 0. The molecule has 0 atom stereocenters. The number of hydrogen-bond acceptors (Lipinski definition) is 2. The van der Waals surface area contributed by atoms with E-state index < -0.39 is 0 Å². The molecule has 3 rings (SSSR count). The van der Waals surface area contributed by atoms with E-state index in [1.54, 1.807) is 0 Å². The molecule has 3 heteroatoms. The Bertz CT molecular complexity index is 780. The van der Waals surface area contributed by atoms with E-state index in [2.05, 4.69) is 46.8 Å². The lowest BCUT2D eigenvalue weighted by molar-refractivity contribution is 0.966. The second-order valence-corrected chi connectivity index (χ2v) is 5.13. The zero-order valence-electron chi connectivity index (χ0n) is 12.0. The van der Waals surface area contributed by atoms with Gasteiger partial charge in [0.1, 0.15) is 5.69 Å². The Morgan fingerprint density at radius 2 is 1.65 bits per heavy atom. The molecule has 0 saturated carbocycles. The van der Waals surface area contributed by atoms with E-state index in [0.29, 0.717) is 0 Å². The fraction of sp³-hybridized carbons (Fsp3) is 0.176. The summed E-state index contributed by atoms with van der Waals surface area (Å²) in [5.41, 5.74) is 5.43. The predicted octanol–water partition coefficient (Wildman–Crippen LogP) is 5.21. The molecular formula is C17H17N3. The SMILES string of the molecule is Cc1ccc(/N=N/c2cn(C)c3cccc(C)c23)cc1. The largest absolute Gasteiger partial charge is 0.348 e. The quantitative estimate of drug-likeness (QED) is 0.568. The molecule has 0 fully saturated rings. The van der Waals surface area contributed by atoms with Crippen LogP contribution in [0.1, 0.15) is 11.1 Å². The first kappa shape index (κ1) is 12.6. The second kappa shape index (κ2) is 4.93. The third-order valence-corrected chi connectivity index (χ3v) is 3.51. The molecular weight excluding hydrogens is 246 g/mol. The zero-order valence-corrected chi connectivity index (χ0v) is 12.0. The average Bonchev–Trinajstić information content (AvgIpc) is 2.77. The maximum absolute atomic E-state index is 4.42. The molecule has 100 valence electrons. The summed E-state index contributed by atoms with van der Waals surface area (Å²) >= 11 is 0. The number of aromatic nitrogens is 1. The lowest BCUT2D eigenvalue weighted by Crippen LogP contribution is -1.83. The highest BCUT2D eigenvalue weighted by atomic mass is 15.1. The van der Waals surface area contributed by atoms with Gasteiger partial charge in [-0.2, -0.15) is 5.11 Å². The standard InChI is InChI=1S/C17H17N3/c1-12-7-9-14(10-8-12)18-19-15-11-20(3)16-6-4-5-13(2)17(15)16/h4-11H,1-3H3/b19-18+. The Morgan fingerprint density at radius 3 is 2.40 bits per heavy atom. The molecule has 20 heavy (non-hydrogen) atoms. The number of nitrogens with zero attached hydrogens (tertiary/aromatic N) is 3. The van der Waals surface area contributed by atoms with E-state index in [1.165, 1.54) is 22.0 Å². The summed E-state index contributed by atoms with van der Waals surface area (Å²) in [7, 11) is 2.03. The first-order valence-corrected chi connectivity index (χ1v) is 6.68. The van der Waals surface area contributed by atoms with Crippen LogP contribution in [-0.4, -0.2) is 4.57 Å². The monoisotopic (exact) mass is 263 g/mol. The average molecular weight is 263 g/mol. The number of rotatable bonds is 2. The lowest BCUT2D eigenvalue weighted by atomic mass is 10.1. The summed E-state index contributed by atoms with van der Waals surface area (Å²) in [6, 6.07) is 14.3. The van der Waals surface area contributed by atoms with Gasteiger partial charge in [-0.15, -0.1) is 5.11 Å². The van der Waals surface area contributed by atoms with Crippen LogP contribution in [0.3, 0.4) is 0 Å². The third-order valence-electron chi connectivity index (χ3n) is 3.51. The van der Waals surface area contributed by atoms with Crippen LogP contribution >= 0.6 is 0 Å². The normalized spacial score (nSPS) is 11.6. The van der Waals surface area contributed by atoms with Crippen LogP contribution in [0.5, 0.6) is 0 Å². The Kier molecular flexibility index (Phi) is 3.11. The molecule has 0 bridgehead atoms. The second-order valence-electron chi connectivity index (χ2n) is 5.13. The van der Waals surface area contributed by atoms with Crippen molar-refractivity contribution < 1.29 is 0 Å². The van der Waals surface area contributed by atoms with Crippen LogP contribution < -0.4 is 0 Å². The number of hydrogen-bond donors (Lipinski definition) is 0. The highest BCUT2D eigenvalue weighted by Gasteiger charge is 2.07. The summed E-state index contributed by atoms with van der Waals surface area (Å²) < 4.78 is 2.09. The fourth-order valence-electron chi connectivity index (χ4n) is 2.40. The van der Waals surface area contributed by atoms with E-state index in [-0.39, 0.29) is 0 Å². The van der Waals surface area contributed by atoms with Gasteiger partial charge in [0.25, 0.3) is 0 Å². The van der Waals surface area contributed by atoms with Crippen LogP contribution in [0.2, 0.25) is 0 Å². The van der Waals surface area contributed by atoms with Gasteiger partial charge in [-0.25, -0.2) is 0 Å². The molecule has 0 saturated heterocycles. The van der Waals surface area contributed by atoms with Crippen LogP contribution in [0.15, 0.2) is 58.9 Å². The van der Waals surface area contributed by atoms with Crippen LogP contribution in [0.25, 0.3) is 10.9 Å². The molecule has 0 radical (unpaired) electrons. The van der Waals surface area contributed by atoms with Gasteiger partial charge in [0.15, 0.2) is 0 Å². The molecule has 3 nitrogen and oxygen atoms in total. The van der Waals surface area contributed by atoms with Gasteiger partial charge in [0, 0.05) is 18.6 Å². The first-order valence-electron chi connectivity index (χ1n) is 6.68. The smallest absolute Gasteiger partial charge is 0.111 e. The molecule has 0 N–H and O–H groups in total. The van der Waals surface area contributed by atoms with E-state index in [0.717, 1.165) is 11.4 Å². The van der Waals surface area contributed by atoms with Gasteiger partial charge >= 0.3 is 0 Å². The van der Waals surface area contributed by atoms with Crippen LogP contribution in [0.4, 0.5) is 11.4 Å². The Morgan fingerprint density at radius 1 is 0.900 bits per heavy atom. The Labute approximate surface area is 118 Å². The van der Waals surface area contributed by atoms with Gasteiger partial charge in [-0.3, -0.25) is 0 Å². The van der Waals surface area contributed by atoms with Gasteiger partial charge in [-0.05, 0) is 37.6 Å². The van der Waals surface area contributed by atoms with Crippen molar-refractivity contribution in [1.29, 1.82) is 0 Å². The molecule has 0 aliphatic carbocycles. The number of aryl methyl sites for hydroxylation is 3. The molecule has 1 heterocycles. The number of benzene rings is 2. The maximum Gasteiger partial charge on any atom is 0.111 e. The first-order chi connectivity index (χ1) is 9.65. The summed E-state index contributed by atoms with van der Waals surface area (Å²) in [6.07, 6.45) is 2.02. The van der Waals surface area contributed by atoms with Gasteiger partial charge in [-0.1, -0.05) is 29.8 Å². The number of azo groups is 1. The summed E-state index contributed by atoms with van der Waals surface area (Å²) in [6.45, 7) is 4.17. The molecule has 0 unspecified atom stereocenters. The van der Waals surface area contributed by atoms with Gasteiger partial charge in [0.05, 0.1) is 11.2 Å². The van der Waals surface area contributed by atoms with Crippen molar-refractivity contribution in [1.82, 2.24) is 4.57 Å². The van der Waals surface area contributed by atoms with Crippen LogP contribution in [-0.2, 0) is 7.05 Å². The van der Waals surface area contributed by atoms with Crippen molar-refractivity contribution in [3.63, 3.8) is 0 Å². The van der Waals surface area contributed by atoms with E-state index >= 15 is 0 Å². The van der Waals surface area contributed by atoms with Crippen molar-refractivity contribution >= 4 is 22.3 Å². The highest BCUT2D eigenvalue weighted by molar-refractivity contribution is 5.94. The molecule has 0 aliphatic rings. The van der Waals surface area contributed by atoms with Crippen molar-refractivity contribution in [3.05, 3.63) is 59.8 Å². The van der Waals surface area contributed by atoms with Crippen molar-refractivity contribution in [2.24, 2.45) is 17.3 Å². The molecule has 0 amide bonds. The molecule has 2 aromatic carbocycles. The summed E-state index contributed by atoms with van der Waals surface area (Å²) in [5.74, 6) is 0. The molecule has 1 aromatic heterocycles. The molecule has 0 aliphatic heterocycles. The highest BCUT2D eigenvalue weighted by Crippen LogP contribution is 2.31. The Balaban J connectivity index is 2.05. The zero-order chi connectivity index (χ0) is 14.1. The van der Waals surface area contributed by atoms with E-state index in [1.807, 2.05) is 37.5 Å². The minimum Gasteiger partial charge on any atom is -0.348 e. The van der Waals surface area contributed by atoms with Crippen LogP contribution in [0, 0.1) is 13.8 Å². The van der Waals surface area contributed by atoms with E-state index in [4.69, 9.17) is 0 Å². The molecule has 0 spiro atoms. The number of fused-ring (bicyclic) bond motifs is 1.